The lowest BCUT2D eigenvalue weighted by atomic mass is 9.98. The van der Waals surface area contributed by atoms with Crippen molar-refractivity contribution in [3.8, 4) is 11.1 Å². The average Bonchev–Trinajstić information content (AvgIpc) is 3.46. The van der Waals surface area contributed by atoms with E-state index in [9.17, 15) is 14.4 Å². The van der Waals surface area contributed by atoms with E-state index < -0.39 is 18.1 Å². The normalized spacial score (nSPS) is 15.9. The zero-order valence-corrected chi connectivity index (χ0v) is 19.3. The SMILES string of the molecule is O=C(O)CCC(NC(=O)OCC1c2ccccc2-c2ccccc21)C(=O)NCCC1CCCC1. The number of amides is 2. The summed E-state index contributed by atoms with van der Waals surface area (Å²) in [5.74, 6) is -0.838. The average molecular weight is 465 g/mol. The van der Waals surface area contributed by atoms with Gasteiger partial charge in [-0.2, -0.15) is 0 Å². The molecule has 0 saturated heterocycles. The van der Waals surface area contributed by atoms with Gasteiger partial charge in [-0.15, -0.1) is 0 Å². The van der Waals surface area contributed by atoms with Crippen LogP contribution in [0.2, 0.25) is 0 Å². The maximum absolute atomic E-state index is 12.7. The quantitative estimate of drug-likeness (QED) is 0.482. The highest BCUT2D eigenvalue weighted by Crippen LogP contribution is 2.44. The van der Waals surface area contributed by atoms with Crippen LogP contribution in [0.5, 0.6) is 0 Å². The van der Waals surface area contributed by atoms with Gasteiger partial charge in [-0.05, 0) is 41.0 Å². The summed E-state index contributed by atoms with van der Waals surface area (Å²) in [6, 6.07) is 15.2. The lowest BCUT2D eigenvalue weighted by Gasteiger charge is -2.20. The van der Waals surface area contributed by atoms with Crippen molar-refractivity contribution in [2.75, 3.05) is 13.2 Å². The molecule has 3 N–H and O–H groups in total. The first-order chi connectivity index (χ1) is 16.5. The third-order valence-electron chi connectivity index (χ3n) is 6.93. The van der Waals surface area contributed by atoms with E-state index in [2.05, 4.69) is 22.8 Å². The molecule has 34 heavy (non-hydrogen) atoms. The van der Waals surface area contributed by atoms with Gasteiger partial charge in [-0.1, -0.05) is 74.2 Å². The van der Waals surface area contributed by atoms with Crippen molar-refractivity contribution >= 4 is 18.0 Å². The van der Waals surface area contributed by atoms with Crippen LogP contribution in [0.1, 0.15) is 62.0 Å². The van der Waals surface area contributed by atoms with Crippen LogP contribution in [-0.2, 0) is 14.3 Å². The molecule has 2 aromatic rings. The van der Waals surface area contributed by atoms with Gasteiger partial charge in [-0.3, -0.25) is 9.59 Å². The number of ether oxygens (including phenoxy) is 1. The summed E-state index contributed by atoms with van der Waals surface area (Å²) >= 11 is 0. The third-order valence-corrected chi connectivity index (χ3v) is 6.93. The molecule has 0 bridgehead atoms. The minimum absolute atomic E-state index is 0.00872. The first-order valence-electron chi connectivity index (χ1n) is 12.1. The summed E-state index contributed by atoms with van der Waals surface area (Å²) in [4.78, 5) is 36.3. The summed E-state index contributed by atoms with van der Waals surface area (Å²) in [7, 11) is 0. The van der Waals surface area contributed by atoms with Crippen LogP contribution in [0.25, 0.3) is 11.1 Å². The van der Waals surface area contributed by atoms with E-state index >= 15 is 0 Å². The molecular formula is C27H32N2O5. The molecule has 2 amide bonds. The summed E-state index contributed by atoms with van der Waals surface area (Å²) in [6.45, 7) is 0.661. The Kier molecular flexibility index (Phi) is 7.83. The van der Waals surface area contributed by atoms with Gasteiger partial charge in [0.15, 0.2) is 0 Å². The fourth-order valence-electron chi connectivity index (χ4n) is 5.14. The highest BCUT2D eigenvalue weighted by atomic mass is 16.5. The summed E-state index contributed by atoms with van der Waals surface area (Å²) in [5, 5.41) is 14.5. The molecule has 0 aromatic heterocycles. The Bertz CT molecular complexity index is 986. The topological polar surface area (TPSA) is 105 Å². The Balaban J connectivity index is 1.34. The van der Waals surface area contributed by atoms with E-state index in [0.717, 1.165) is 28.7 Å². The lowest BCUT2D eigenvalue weighted by Crippen LogP contribution is -2.47. The van der Waals surface area contributed by atoms with Crippen LogP contribution in [0, 0.1) is 5.92 Å². The summed E-state index contributed by atoms with van der Waals surface area (Å²) < 4.78 is 5.54. The van der Waals surface area contributed by atoms with Crippen molar-refractivity contribution in [2.24, 2.45) is 5.92 Å². The van der Waals surface area contributed by atoms with E-state index in [1.54, 1.807) is 0 Å². The maximum atomic E-state index is 12.7. The number of carboxylic acid groups (broad SMARTS) is 1. The summed E-state index contributed by atoms with van der Waals surface area (Å²) in [5.41, 5.74) is 4.47. The number of aliphatic carboxylic acids is 1. The monoisotopic (exact) mass is 464 g/mol. The summed E-state index contributed by atoms with van der Waals surface area (Å²) in [6.07, 6.45) is 4.84. The predicted molar refractivity (Wildman–Crippen MR) is 128 cm³/mol. The van der Waals surface area contributed by atoms with Gasteiger partial charge in [0.1, 0.15) is 12.6 Å². The van der Waals surface area contributed by atoms with Crippen LogP contribution in [-0.4, -0.2) is 42.3 Å². The zero-order valence-electron chi connectivity index (χ0n) is 19.3. The molecule has 2 aliphatic carbocycles. The number of alkyl carbamates (subject to hydrolysis) is 1. The molecular weight excluding hydrogens is 432 g/mol. The first-order valence-corrected chi connectivity index (χ1v) is 12.1. The van der Waals surface area contributed by atoms with E-state index in [-0.39, 0.29) is 31.3 Å². The number of fused-ring (bicyclic) bond motifs is 3. The molecule has 1 atom stereocenters. The second-order valence-corrected chi connectivity index (χ2v) is 9.19. The number of hydrogen-bond donors (Lipinski definition) is 3. The number of carbonyl (C=O) groups is 3. The van der Waals surface area contributed by atoms with Crippen molar-refractivity contribution in [3.63, 3.8) is 0 Å². The fraction of sp³-hybridized carbons (Fsp3) is 0.444. The number of rotatable bonds is 10. The fourth-order valence-corrected chi connectivity index (χ4v) is 5.14. The molecule has 4 rings (SSSR count). The largest absolute Gasteiger partial charge is 0.481 e. The molecule has 0 heterocycles. The molecule has 1 unspecified atom stereocenters. The second kappa shape index (κ2) is 11.2. The van der Waals surface area contributed by atoms with Gasteiger partial charge >= 0.3 is 12.1 Å². The smallest absolute Gasteiger partial charge is 0.407 e. The van der Waals surface area contributed by atoms with Gasteiger partial charge in [-0.25, -0.2) is 4.79 Å². The van der Waals surface area contributed by atoms with Crippen LogP contribution in [0.3, 0.4) is 0 Å². The molecule has 1 saturated carbocycles. The van der Waals surface area contributed by atoms with Gasteiger partial charge in [0, 0.05) is 18.9 Å². The first kappa shape index (κ1) is 23.8. The number of hydrogen-bond acceptors (Lipinski definition) is 4. The molecule has 7 heteroatoms. The Hall–Kier alpha value is -3.35. The van der Waals surface area contributed by atoms with Crippen molar-refractivity contribution < 1.29 is 24.2 Å². The van der Waals surface area contributed by atoms with E-state index in [4.69, 9.17) is 9.84 Å². The Labute approximate surface area is 199 Å². The van der Waals surface area contributed by atoms with Crippen LogP contribution in [0.15, 0.2) is 48.5 Å². The highest BCUT2D eigenvalue weighted by molar-refractivity contribution is 5.86. The van der Waals surface area contributed by atoms with Crippen LogP contribution < -0.4 is 10.6 Å². The Morgan fingerprint density at radius 1 is 0.971 bits per heavy atom. The van der Waals surface area contributed by atoms with Crippen LogP contribution >= 0.6 is 0 Å². The predicted octanol–water partition coefficient (Wildman–Crippen LogP) is 4.46. The minimum atomic E-state index is -1.02. The van der Waals surface area contributed by atoms with Gasteiger partial charge in [0.05, 0.1) is 0 Å². The van der Waals surface area contributed by atoms with E-state index in [1.165, 1.54) is 25.7 Å². The second-order valence-electron chi connectivity index (χ2n) is 9.19. The molecule has 1 fully saturated rings. The standard InChI is InChI=1S/C27H32N2O5/c30-25(31)14-13-24(26(32)28-16-15-18-7-1-2-8-18)29-27(33)34-17-23-21-11-5-3-9-19(21)20-10-4-6-12-22(20)23/h3-6,9-12,18,23-24H,1-2,7-8,13-17H2,(H,28,32)(H,29,33)(H,30,31). The third kappa shape index (κ3) is 5.76. The zero-order chi connectivity index (χ0) is 23.9. The molecule has 0 spiro atoms. The lowest BCUT2D eigenvalue weighted by molar-refractivity contribution is -0.137. The minimum Gasteiger partial charge on any atom is -0.481 e. The number of benzene rings is 2. The van der Waals surface area contributed by atoms with Gasteiger partial charge in [0.2, 0.25) is 5.91 Å². The molecule has 180 valence electrons. The molecule has 2 aromatic carbocycles. The van der Waals surface area contributed by atoms with Crippen molar-refractivity contribution in [1.82, 2.24) is 10.6 Å². The molecule has 2 aliphatic rings. The highest BCUT2D eigenvalue weighted by Gasteiger charge is 2.30. The molecule has 7 nitrogen and oxygen atoms in total. The van der Waals surface area contributed by atoms with Gasteiger partial charge < -0.3 is 20.5 Å². The van der Waals surface area contributed by atoms with Crippen LogP contribution in [0.4, 0.5) is 4.79 Å². The number of nitrogens with one attached hydrogen (secondary N) is 2. The van der Waals surface area contributed by atoms with E-state index in [0.29, 0.717) is 12.5 Å². The van der Waals surface area contributed by atoms with Crippen molar-refractivity contribution in [3.05, 3.63) is 59.7 Å². The molecule has 0 radical (unpaired) electrons. The Morgan fingerprint density at radius 2 is 1.59 bits per heavy atom. The van der Waals surface area contributed by atoms with Gasteiger partial charge in [0.25, 0.3) is 0 Å². The molecule has 0 aliphatic heterocycles. The van der Waals surface area contributed by atoms with Crippen molar-refractivity contribution in [2.45, 2.75) is 56.9 Å². The van der Waals surface area contributed by atoms with Crippen molar-refractivity contribution in [1.29, 1.82) is 0 Å². The number of carbonyl (C=O) groups excluding carboxylic acids is 2. The van der Waals surface area contributed by atoms with E-state index in [1.807, 2.05) is 36.4 Å². The number of carboxylic acids is 1. The Morgan fingerprint density at radius 3 is 2.21 bits per heavy atom. The maximum Gasteiger partial charge on any atom is 0.407 e.